The number of ether oxygens (including phenoxy) is 1. The van der Waals surface area contributed by atoms with Crippen molar-refractivity contribution in [1.82, 2.24) is 10.3 Å². The number of halogens is 1. The Morgan fingerprint density at radius 3 is 3.17 bits per heavy atom. The van der Waals surface area contributed by atoms with Gasteiger partial charge < -0.3 is 10.1 Å². The highest BCUT2D eigenvalue weighted by molar-refractivity contribution is 9.10. The van der Waals surface area contributed by atoms with E-state index in [9.17, 15) is 0 Å². The van der Waals surface area contributed by atoms with E-state index in [2.05, 4.69) is 39.2 Å². The smallest absolute Gasteiger partial charge is 0.0880 e. The van der Waals surface area contributed by atoms with Crippen molar-refractivity contribution in [2.24, 2.45) is 5.92 Å². The van der Waals surface area contributed by atoms with Crippen LogP contribution < -0.4 is 5.32 Å². The number of hydrogen-bond donors (Lipinski definition) is 1. The number of nitrogens with zero attached hydrogens (tertiary/aromatic N) is 1. The van der Waals surface area contributed by atoms with Gasteiger partial charge in [0, 0.05) is 41.5 Å². The molecule has 0 bridgehead atoms. The summed E-state index contributed by atoms with van der Waals surface area (Å²) >= 11 is 3.48. The van der Waals surface area contributed by atoms with E-state index in [1.54, 1.807) is 0 Å². The molecule has 18 heavy (non-hydrogen) atoms. The van der Waals surface area contributed by atoms with Crippen LogP contribution in [-0.2, 0) is 4.74 Å². The standard InChI is InChI=1S/C14H21BrN2O/c1-2-5-16-8-11-4-3-6-18-14(11)12-7-13(15)10-17-9-12/h7,9-11,14,16H,2-6,8H2,1H3. The maximum absolute atomic E-state index is 5.96. The second-order valence-corrected chi connectivity index (χ2v) is 5.75. The van der Waals surface area contributed by atoms with Gasteiger partial charge in [-0.15, -0.1) is 0 Å². The first-order valence-electron chi connectivity index (χ1n) is 6.74. The maximum atomic E-state index is 5.96. The molecular weight excluding hydrogens is 292 g/mol. The average Bonchev–Trinajstić information content (AvgIpc) is 2.40. The third-order valence-electron chi connectivity index (χ3n) is 3.33. The van der Waals surface area contributed by atoms with Crippen LogP contribution in [0.2, 0.25) is 0 Å². The summed E-state index contributed by atoms with van der Waals surface area (Å²) in [6, 6.07) is 2.12. The highest BCUT2D eigenvalue weighted by Crippen LogP contribution is 2.33. The molecule has 2 unspecified atom stereocenters. The normalized spacial score (nSPS) is 24.1. The maximum Gasteiger partial charge on any atom is 0.0880 e. The number of rotatable bonds is 5. The first-order chi connectivity index (χ1) is 8.81. The Morgan fingerprint density at radius 2 is 2.39 bits per heavy atom. The monoisotopic (exact) mass is 312 g/mol. The number of aromatic nitrogens is 1. The third kappa shape index (κ3) is 3.77. The van der Waals surface area contributed by atoms with Crippen molar-refractivity contribution in [3.8, 4) is 0 Å². The lowest BCUT2D eigenvalue weighted by Gasteiger charge is -2.32. The van der Waals surface area contributed by atoms with E-state index < -0.39 is 0 Å². The van der Waals surface area contributed by atoms with Gasteiger partial charge in [0.25, 0.3) is 0 Å². The van der Waals surface area contributed by atoms with Crippen LogP contribution in [0.15, 0.2) is 22.9 Å². The molecule has 1 aromatic heterocycles. The molecule has 100 valence electrons. The van der Waals surface area contributed by atoms with E-state index in [1.807, 2.05) is 12.4 Å². The number of nitrogens with one attached hydrogen (secondary N) is 1. The fourth-order valence-electron chi connectivity index (χ4n) is 2.47. The Bertz CT molecular complexity index is 373. The lowest BCUT2D eigenvalue weighted by molar-refractivity contribution is -0.0279. The van der Waals surface area contributed by atoms with Gasteiger partial charge in [0.05, 0.1) is 6.10 Å². The molecule has 2 heterocycles. The van der Waals surface area contributed by atoms with E-state index in [0.717, 1.165) is 30.6 Å². The molecule has 1 N–H and O–H groups in total. The molecule has 0 aromatic carbocycles. The first-order valence-corrected chi connectivity index (χ1v) is 7.53. The van der Waals surface area contributed by atoms with Crippen molar-refractivity contribution in [2.45, 2.75) is 32.3 Å². The van der Waals surface area contributed by atoms with Crippen LogP contribution in [0.5, 0.6) is 0 Å². The van der Waals surface area contributed by atoms with E-state index in [-0.39, 0.29) is 6.10 Å². The Hall–Kier alpha value is -0.450. The molecule has 2 atom stereocenters. The molecule has 2 rings (SSSR count). The zero-order valence-corrected chi connectivity index (χ0v) is 12.4. The van der Waals surface area contributed by atoms with E-state index >= 15 is 0 Å². The average molecular weight is 313 g/mol. The fourth-order valence-corrected chi connectivity index (χ4v) is 2.85. The van der Waals surface area contributed by atoms with Crippen LogP contribution in [0, 0.1) is 5.92 Å². The summed E-state index contributed by atoms with van der Waals surface area (Å²) in [5.41, 5.74) is 1.19. The molecule has 1 aliphatic rings. The van der Waals surface area contributed by atoms with Crippen LogP contribution in [0.3, 0.4) is 0 Å². The largest absolute Gasteiger partial charge is 0.373 e. The second kappa shape index (κ2) is 7.22. The van der Waals surface area contributed by atoms with Gasteiger partial charge in [0.1, 0.15) is 0 Å². The van der Waals surface area contributed by atoms with Gasteiger partial charge in [-0.1, -0.05) is 6.92 Å². The molecule has 0 amide bonds. The molecule has 1 fully saturated rings. The number of hydrogen-bond acceptors (Lipinski definition) is 3. The lowest BCUT2D eigenvalue weighted by atomic mass is 9.90. The van der Waals surface area contributed by atoms with E-state index in [0.29, 0.717) is 5.92 Å². The minimum absolute atomic E-state index is 0.188. The van der Waals surface area contributed by atoms with Gasteiger partial charge >= 0.3 is 0 Å². The van der Waals surface area contributed by atoms with Gasteiger partial charge in [-0.25, -0.2) is 0 Å². The van der Waals surface area contributed by atoms with Crippen LogP contribution in [0.1, 0.15) is 37.9 Å². The topological polar surface area (TPSA) is 34.1 Å². The van der Waals surface area contributed by atoms with Gasteiger partial charge in [-0.3, -0.25) is 4.98 Å². The molecule has 1 aliphatic heterocycles. The van der Waals surface area contributed by atoms with Gasteiger partial charge in [0.2, 0.25) is 0 Å². The van der Waals surface area contributed by atoms with E-state index in [4.69, 9.17) is 4.74 Å². The summed E-state index contributed by atoms with van der Waals surface area (Å²) in [6.45, 7) is 5.17. The Kier molecular flexibility index (Phi) is 5.60. The molecule has 0 spiro atoms. The molecular formula is C14H21BrN2O. The quantitative estimate of drug-likeness (QED) is 0.847. The highest BCUT2D eigenvalue weighted by atomic mass is 79.9. The summed E-state index contributed by atoms with van der Waals surface area (Å²) in [6.07, 6.45) is 7.50. The van der Waals surface area contributed by atoms with E-state index in [1.165, 1.54) is 18.4 Å². The molecule has 0 radical (unpaired) electrons. The third-order valence-corrected chi connectivity index (χ3v) is 3.77. The molecule has 1 aromatic rings. The molecule has 3 nitrogen and oxygen atoms in total. The van der Waals surface area contributed by atoms with Crippen molar-refractivity contribution in [2.75, 3.05) is 19.7 Å². The molecule has 1 saturated heterocycles. The Morgan fingerprint density at radius 1 is 1.50 bits per heavy atom. The summed E-state index contributed by atoms with van der Waals surface area (Å²) in [5, 5.41) is 3.51. The summed E-state index contributed by atoms with van der Waals surface area (Å²) < 4.78 is 6.98. The van der Waals surface area contributed by atoms with Crippen molar-refractivity contribution in [3.63, 3.8) is 0 Å². The van der Waals surface area contributed by atoms with Crippen LogP contribution >= 0.6 is 15.9 Å². The van der Waals surface area contributed by atoms with Gasteiger partial charge in [-0.05, 0) is 47.8 Å². The Balaban J connectivity index is 2.03. The predicted octanol–water partition coefficient (Wildman–Crippen LogP) is 3.31. The molecule has 4 heteroatoms. The zero-order chi connectivity index (χ0) is 12.8. The van der Waals surface area contributed by atoms with Crippen molar-refractivity contribution >= 4 is 15.9 Å². The first kappa shape index (κ1) is 14.0. The van der Waals surface area contributed by atoms with Crippen molar-refractivity contribution in [1.29, 1.82) is 0 Å². The SMILES string of the molecule is CCCNCC1CCCOC1c1cncc(Br)c1. The predicted molar refractivity (Wildman–Crippen MR) is 76.5 cm³/mol. The molecule has 0 aliphatic carbocycles. The van der Waals surface area contributed by atoms with Crippen LogP contribution in [0.4, 0.5) is 0 Å². The second-order valence-electron chi connectivity index (χ2n) is 4.83. The van der Waals surface area contributed by atoms with Crippen LogP contribution in [-0.4, -0.2) is 24.7 Å². The summed E-state index contributed by atoms with van der Waals surface area (Å²) in [7, 11) is 0. The zero-order valence-electron chi connectivity index (χ0n) is 10.9. The van der Waals surface area contributed by atoms with Gasteiger partial charge in [0.15, 0.2) is 0 Å². The van der Waals surface area contributed by atoms with Crippen LogP contribution in [0.25, 0.3) is 0 Å². The number of pyridine rings is 1. The summed E-state index contributed by atoms with van der Waals surface area (Å²) in [5.74, 6) is 0.557. The summed E-state index contributed by atoms with van der Waals surface area (Å²) in [4.78, 5) is 4.24. The fraction of sp³-hybridized carbons (Fsp3) is 0.643. The van der Waals surface area contributed by atoms with Gasteiger partial charge in [-0.2, -0.15) is 0 Å². The minimum atomic E-state index is 0.188. The van der Waals surface area contributed by atoms with Crippen molar-refractivity contribution < 1.29 is 4.74 Å². The molecule has 0 saturated carbocycles. The highest BCUT2D eigenvalue weighted by Gasteiger charge is 2.27. The minimum Gasteiger partial charge on any atom is -0.373 e. The lowest BCUT2D eigenvalue weighted by Crippen LogP contribution is -2.32. The Labute approximate surface area is 117 Å². The van der Waals surface area contributed by atoms with Crippen molar-refractivity contribution in [3.05, 3.63) is 28.5 Å².